The van der Waals surface area contributed by atoms with Gasteiger partial charge in [0, 0.05) is 60.0 Å². The molecule has 0 amide bonds. The summed E-state index contributed by atoms with van der Waals surface area (Å²) in [6.45, 7) is 0. The fraction of sp³-hybridized carbons (Fsp3) is 0. The van der Waals surface area contributed by atoms with E-state index < -0.39 is 0 Å². The molecule has 0 unspecified atom stereocenters. The molecule has 0 aliphatic heterocycles. The first-order chi connectivity index (χ1) is 32.3. The number of hydrogen-bond acceptors (Lipinski definition) is 2. The van der Waals surface area contributed by atoms with Gasteiger partial charge in [-0.15, -0.1) is 0 Å². The molecule has 0 spiro atoms. The Morgan fingerprint density at radius 2 is 0.738 bits per heavy atom. The Morgan fingerprint density at radius 1 is 0.277 bits per heavy atom. The van der Waals surface area contributed by atoms with Crippen LogP contribution in [0, 0.1) is 0 Å². The summed E-state index contributed by atoms with van der Waals surface area (Å²) in [7, 11) is 0. The third-order valence-corrected chi connectivity index (χ3v) is 13.4. The predicted molar refractivity (Wildman–Crippen MR) is 271 cm³/mol. The highest BCUT2D eigenvalue weighted by molar-refractivity contribution is 6.23. The van der Waals surface area contributed by atoms with Gasteiger partial charge in [0.1, 0.15) is 0 Å². The average molecular weight is 828 g/mol. The minimum atomic E-state index is 0.644. The van der Waals surface area contributed by atoms with E-state index in [2.05, 4.69) is 238 Å². The van der Waals surface area contributed by atoms with Crippen molar-refractivity contribution in [2.75, 3.05) is 0 Å². The standard InChI is InChI=1S/C60H37N5/c1-3-17-40(18-4-1)63-53-28-14-10-22-43(53)50-36-39(32-34-56(50)63)58-47-26-9-13-27-52(47)61-60(62-58)65-55-30-16-11-23-44(55)49-35-38(31-33-57(49)65)48-37-51-45-24-12-15-29-54(45)64(41-19-5-2-6-20-41)59(51)46-25-8-7-21-42(46)48/h1-37H. The number of benzene rings is 10. The molecule has 0 fully saturated rings. The predicted octanol–water partition coefficient (Wildman–Crippen LogP) is 15.4. The maximum absolute atomic E-state index is 5.52. The van der Waals surface area contributed by atoms with Crippen molar-refractivity contribution < 1.29 is 0 Å². The molecule has 4 aromatic heterocycles. The van der Waals surface area contributed by atoms with Gasteiger partial charge >= 0.3 is 0 Å². The summed E-state index contributed by atoms with van der Waals surface area (Å²) in [6.07, 6.45) is 0. The molecule has 0 atom stereocenters. The highest BCUT2D eigenvalue weighted by atomic mass is 15.2. The molecule has 0 N–H and O–H groups in total. The van der Waals surface area contributed by atoms with E-state index in [0.717, 1.165) is 66.4 Å². The number of fused-ring (bicyclic) bond motifs is 12. The summed E-state index contributed by atoms with van der Waals surface area (Å²) >= 11 is 0. The van der Waals surface area contributed by atoms with Gasteiger partial charge in [0.15, 0.2) is 0 Å². The van der Waals surface area contributed by atoms with Gasteiger partial charge in [-0.25, -0.2) is 9.97 Å². The minimum absolute atomic E-state index is 0.644. The Kier molecular flexibility index (Phi) is 7.62. The highest BCUT2D eigenvalue weighted by Gasteiger charge is 2.22. The molecule has 14 rings (SSSR count). The zero-order valence-corrected chi connectivity index (χ0v) is 35.1. The van der Waals surface area contributed by atoms with E-state index in [0.29, 0.717) is 5.95 Å². The zero-order chi connectivity index (χ0) is 42.6. The number of aromatic nitrogens is 5. The van der Waals surface area contributed by atoms with Crippen LogP contribution in [0.5, 0.6) is 0 Å². The molecular weight excluding hydrogens is 791 g/mol. The van der Waals surface area contributed by atoms with E-state index in [4.69, 9.17) is 9.97 Å². The topological polar surface area (TPSA) is 40.6 Å². The fourth-order valence-electron chi connectivity index (χ4n) is 10.6. The van der Waals surface area contributed by atoms with Crippen LogP contribution in [0.2, 0.25) is 0 Å². The van der Waals surface area contributed by atoms with Crippen LogP contribution < -0.4 is 0 Å². The van der Waals surface area contributed by atoms with Crippen LogP contribution >= 0.6 is 0 Å². The van der Waals surface area contributed by atoms with Crippen LogP contribution in [0.15, 0.2) is 224 Å². The summed E-state index contributed by atoms with van der Waals surface area (Å²) in [5.41, 5.74) is 14.4. The largest absolute Gasteiger partial charge is 0.309 e. The van der Waals surface area contributed by atoms with Gasteiger partial charge < -0.3 is 9.13 Å². The van der Waals surface area contributed by atoms with Gasteiger partial charge in [-0.2, -0.15) is 0 Å². The van der Waals surface area contributed by atoms with Gasteiger partial charge in [0.05, 0.1) is 44.3 Å². The molecule has 5 heteroatoms. The number of rotatable bonds is 5. The molecule has 10 aromatic carbocycles. The van der Waals surface area contributed by atoms with E-state index in [1.807, 2.05) is 0 Å². The van der Waals surface area contributed by atoms with Gasteiger partial charge in [-0.1, -0.05) is 146 Å². The molecule has 0 saturated heterocycles. The molecule has 0 radical (unpaired) electrons. The normalized spacial score (nSPS) is 12.0. The van der Waals surface area contributed by atoms with Gasteiger partial charge in [-0.05, 0) is 95.4 Å². The first-order valence-corrected chi connectivity index (χ1v) is 22.2. The van der Waals surface area contributed by atoms with Crippen molar-refractivity contribution in [2.45, 2.75) is 0 Å². The molecule has 65 heavy (non-hydrogen) atoms. The second kappa shape index (κ2) is 13.9. The van der Waals surface area contributed by atoms with E-state index in [9.17, 15) is 0 Å². The van der Waals surface area contributed by atoms with Crippen molar-refractivity contribution in [3.05, 3.63) is 224 Å². The fourth-order valence-corrected chi connectivity index (χ4v) is 10.6. The van der Waals surface area contributed by atoms with Crippen molar-refractivity contribution >= 4 is 87.1 Å². The van der Waals surface area contributed by atoms with E-state index >= 15 is 0 Å². The smallest absolute Gasteiger partial charge is 0.235 e. The lowest BCUT2D eigenvalue weighted by atomic mass is 9.94. The van der Waals surface area contributed by atoms with Gasteiger partial charge in [-0.3, -0.25) is 4.57 Å². The van der Waals surface area contributed by atoms with E-state index in [-0.39, 0.29) is 0 Å². The molecule has 302 valence electrons. The zero-order valence-electron chi connectivity index (χ0n) is 35.1. The molecule has 0 aliphatic rings. The minimum Gasteiger partial charge on any atom is -0.309 e. The lowest BCUT2D eigenvalue weighted by molar-refractivity contribution is 1.01. The highest BCUT2D eigenvalue weighted by Crippen LogP contribution is 2.43. The molecule has 0 saturated carbocycles. The van der Waals surface area contributed by atoms with Crippen LogP contribution in [0.1, 0.15) is 0 Å². The van der Waals surface area contributed by atoms with Crippen LogP contribution in [0.4, 0.5) is 0 Å². The monoisotopic (exact) mass is 827 g/mol. The average Bonchev–Trinajstić information content (AvgIpc) is 4.02. The Hall–Kier alpha value is -8.80. The summed E-state index contributed by atoms with van der Waals surface area (Å²) in [5, 5.41) is 10.6. The summed E-state index contributed by atoms with van der Waals surface area (Å²) in [4.78, 5) is 10.8. The van der Waals surface area contributed by atoms with Gasteiger partial charge in [0.25, 0.3) is 0 Å². The van der Waals surface area contributed by atoms with E-state index in [1.54, 1.807) is 0 Å². The lowest BCUT2D eigenvalue weighted by Gasteiger charge is -2.14. The first-order valence-electron chi connectivity index (χ1n) is 22.2. The van der Waals surface area contributed by atoms with E-state index in [1.165, 1.54) is 54.4 Å². The Morgan fingerprint density at radius 3 is 1.42 bits per heavy atom. The van der Waals surface area contributed by atoms with Gasteiger partial charge in [0.2, 0.25) is 5.95 Å². The lowest BCUT2D eigenvalue weighted by Crippen LogP contribution is -2.03. The molecular formula is C60H37N5. The Balaban J connectivity index is 0.982. The number of nitrogens with zero attached hydrogens (tertiary/aromatic N) is 5. The third kappa shape index (κ3) is 5.27. The molecule has 4 heterocycles. The Labute approximate surface area is 373 Å². The second-order valence-corrected chi connectivity index (χ2v) is 16.9. The molecule has 5 nitrogen and oxygen atoms in total. The van der Waals surface area contributed by atoms with Crippen molar-refractivity contribution in [1.29, 1.82) is 0 Å². The van der Waals surface area contributed by atoms with Crippen molar-refractivity contribution in [1.82, 2.24) is 23.7 Å². The van der Waals surface area contributed by atoms with Crippen molar-refractivity contribution in [2.24, 2.45) is 0 Å². The van der Waals surface area contributed by atoms with Crippen LogP contribution in [0.25, 0.3) is 127 Å². The van der Waals surface area contributed by atoms with Crippen molar-refractivity contribution in [3.63, 3.8) is 0 Å². The van der Waals surface area contributed by atoms with Crippen LogP contribution in [-0.4, -0.2) is 23.7 Å². The molecule has 0 bridgehead atoms. The summed E-state index contributed by atoms with van der Waals surface area (Å²) < 4.78 is 7.03. The SMILES string of the molecule is c1ccc(-n2c3ccccc3c3cc(-c4nc(-n5c6ccccc6c6cc(-c7cc8c9ccccc9n(-c9ccccc9)c8c8ccccc78)ccc65)nc5ccccc45)ccc32)cc1. The number of hydrogen-bond donors (Lipinski definition) is 0. The first kappa shape index (κ1) is 35.8. The number of para-hydroxylation sites is 6. The summed E-state index contributed by atoms with van der Waals surface area (Å²) in [5.74, 6) is 0.644. The maximum atomic E-state index is 5.52. The van der Waals surface area contributed by atoms with Crippen molar-refractivity contribution in [3.8, 4) is 39.7 Å². The second-order valence-electron chi connectivity index (χ2n) is 16.9. The maximum Gasteiger partial charge on any atom is 0.235 e. The Bertz CT molecular complexity index is 4230. The summed E-state index contributed by atoms with van der Waals surface area (Å²) in [6, 6.07) is 80.8. The molecule has 0 aliphatic carbocycles. The molecule has 14 aromatic rings. The van der Waals surface area contributed by atoms with Crippen LogP contribution in [-0.2, 0) is 0 Å². The van der Waals surface area contributed by atoms with Crippen LogP contribution in [0.3, 0.4) is 0 Å². The third-order valence-electron chi connectivity index (χ3n) is 13.4. The quantitative estimate of drug-likeness (QED) is 0.173.